The van der Waals surface area contributed by atoms with E-state index >= 15 is 0 Å². The summed E-state index contributed by atoms with van der Waals surface area (Å²) in [6, 6.07) is 0. The molecule has 0 bridgehead atoms. The van der Waals surface area contributed by atoms with Crippen molar-refractivity contribution in [2.24, 2.45) is 0 Å². The van der Waals surface area contributed by atoms with Crippen LogP contribution in [0.4, 0.5) is 0 Å². The van der Waals surface area contributed by atoms with Crippen LogP contribution >= 0.6 is 0 Å². The molecule has 0 saturated carbocycles. The van der Waals surface area contributed by atoms with Crippen LogP contribution in [0.3, 0.4) is 0 Å². The lowest BCUT2D eigenvalue weighted by atomic mass is 10.3. The van der Waals surface area contributed by atoms with Crippen LogP contribution in [0.25, 0.3) is 0 Å². The lowest BCUT2D eigenvalue weighted by Crippen LogP contribution is -2.31. The monoisotopic (exact) mass is 247 g/mol. The van der Waals surface area contributed by atoms with Gasteiger partial charge in [-0.05, 0) is 25.6 Å². The predicted molar refractivity (Wildman–Crippen MR) is 69.6 cm³/mol. The van der Waals surface area contributed by atoms with Gasteiger partial charge in [0.15, 0.2) is 0 Å². The predicted octanol–water partition coefficient (Wildman–Crippen LogP) is 2.07. The second-order valence-electron chi connectivity index (χ2n) is 3.66. The van der Waals surface area contributed by atoms with Gasteiger partial charge in [-0.2, -0.15) is 0 Å². The fourth-order valence-electron chi connectivity index (χ4n) is 0.544. The number of carbonyl (C=O) groups excluding carboxylic acids is 1. The minimum atomic E-state index is -1.65. The zero-order chi connectivity index (χ0) is 13.0. The van der Waals surface area contributed by atoms with E-state index in [1.807, 2.05) is 13.1 Å². The van der Waals surface area contributed by atoms with E-state index in [2.05, 4.69) is 18.8 Å². The quantitative estimate of drug-likeness (QED) is 0.444. The van der Waals surface area contributed by atoms with Crippen LogP contribution < -0.4 is 5.32 Å². The largest absolute Gasteiger partial charge is 0.398 e. The molecular weight excluding hydrogens is 222 g/mol. The first-order chi connectivity index (χ1) is 7.43. The van der Waals surface area contributed by atoms with Gasteiger partial charge in [-0.15, -0.1) is 0 Å². The van der Waals surface area contributed by atoms with Crippen molar-refractivity contribution in [3.8, 4) is 0 Å². The standard InChI is InChI=1S/C7H13NO.C4H12O2Si/c1-3-5-6-8-7(9)4-2;1-5-7(3,4)6-2/h4H,2-3,5-6H2,1H3,(H,8,9);1-4H3. The molecule has 5 heteroatoms. The van der Waals surface area contributed by atoms with Crippen molar-refractivity contribution < 1.29 is 13.6 Å². The van der Waals surface area contributed by atoms with E-state index in [1.54, 1.807) is 14.2 Å². The first-order valence-electron chi connectivity index (χ1n) is 5.44. The van der Waals surface area contributed by atoms with Crippen molar-refractivity contribution in [3.63, 3.8) is 0 Å². The Bertz CT molecular complexity index is 190. The number of rotatable bonds is 6. The maximum absolute atomic E-state index is 10.5. The van der Waals surface area contributed by atoms with Gasteiger partial charge >= 0.3 is 8.56 Å². The van der Waals surface area contributed by atoms with Gasteiger partial charge < -0.3 is 14.2 Å². The van der Waals surface area contributed by atoms with Gasteiger partial charge in [0.1, 0.15) is 0 Å². The third-order valence-electron chi connectivity index (χ3n) is 2.00. The highest BCUT2D eigenvalue weighted by Crippen LogP contribution is 1.99. The minimum absolute atomic E-state index is 0.0801. The molecule has 4 nitrogen and oxygen atoms in total. The average molecular weight is 247 g/mol. The summed E-state index contributed by atoms with van der Waals surface area (Å²) >= 11 is 0. The summed E-state index contributed by atoms with van der Waals surface area (Å²) in [4.78, 5) is 10.5. The Labute approximate surface area is 100 Å². The molecule has 0 spiro atoms. The molecule has 0 rings (SSSR count). The van der Waals surface area contributed by atoms with E-state index < -0.39 is 8.56 Å². The molecule has 0 aliphatic carbocycles. The molecule has 16 heavy (non-hydrogen) atoms. The van der Waals surface area contributed by atoms with Gasteiger partial charge in [0.25, 0.3) is 0 Å². The maximum atomic E-state index is 10.5. The smallest absolute Gasteiger partial charge is 0.331 e. The van der Waals surface area contributed by atoms with E-state index in [-0.39, 0.29) is 5.91 Å². The lowest BCUT2D eigenvalue weighted by molar-refractivity contribution is -0.116. The van der Waals surface area contributed by atoms with E-state index in [0.29, 0.717) is 0 Å². The summed E-state index contributed by atoms with van der Waals surface area (Å²) in [6.45, 7) is 10.2. The number of amides is 1. The van der Waals surface area contributed by atoms with E-state index in [4.69, 9.17) is 8.85 Å². The number of hydrogen-bond donors (Lipinski definition) is 1. The highest BCUT2D eigenvalue weighted by atomic mass is 28.4. The fourth-order valence-corrected chi connectivity index (χ4v) is 0.711. The molecule has 96 valence electrons. The van der Waals surface area contributed by atoms with E-state index in [1.165, 1.54) is 6.08 Å². The van der Waals surface area contributed by atoms with Crippen molar-refractivity contribution in [2.45, 2.75) is 32.9 Å². The van der Waals surface area contributed by atoms with Crippen molar-refractivity contribution in [1.82, 2.24) is 5.32 Å². The highest BCUT2D eigenvalue weighted by Gasteiger charge is 2.19. The van der Waals surface area contributed by atoms with Crippen LogP contribution in [0.1, 0.15) is 19.8 Å². The van der Waals surface area contributed by atoms with Crippen molar-refractivity contribution in [1.29, 1.82) is 0 Å². The Morgan fingerprint density at radius 1 is 1.38 bits per heavy atom. The van der Waals surface area contributed by atoms with Crippen molar-refractivity contribution in [2.75, 3.05) is 20.8 Å². The molecule has 1 N–H and O–H groups in total. The molecule has 0 aromatic carbocycles. The van der Waals surface area contributed by atoms with E-state index in [9.17, 15) is 4.79 Å². The first-order valence-corrected chi connectivity index (χ1v) is 8.25. The third kappa shape index (κ3) is 13.3. The molecular formula is C11H25NO3Si. The molecule has 0 aliphatic heterocycles. The van der Waals surface area contributed by atoms with E-state index in [0.717, 1.165) is 19.4 Å². The molecule has 0 aromatic heterocycles. The second-order valence-corrected chi connectivity index (χ2v) is 7.27. The third-order valence-corrected chi connectivity index (χ3v) is 3.96. The van der Waals surface area contributed by atoms with Gasteiger partial charge in [0.2, 0.25) is 5.91 Å². The van der Waals surface area contributed by atoms with Gasteiger partial charge in [-0.25, -0.2) is 0 Å². The number of hydrogen-bond acceptors (Lipinski definition) is 3. The summed E-state index contributed by atoms with van der Waals surface area (Å²) in [6.07, 6.45) is 3.44. The Morgan fingerprint density at radius 2 is 1.88 bits per heavy atom. The summed E-state index contributed by atoms with van der Waals surface area (Å²) in [5.74, 6) is -0.0801. The minimum Gasteiger partial charge on any atom is -0.398 e. The molecule has 0 aromatic rings. The lowest BCUT2D eigenvalue weighted by Gasteiger charge is -2.15. The molecule has 0 fully saturated rings. The first kappa shape index (κ1) is 17.7. The number of unbranched alkanes of at least 4 members (excludes halogenated alkanes) is 1. The van der Waals surface area contributed by atoms with Crippen LogP contribution in [0, 0.1) is 0 Å². The summed E-state index contributed by atoms with van der Waals surface area (Å²) < 4.78 is 10.0. The second kappa shape index (κ2) is 10.9. The van der Waals surface area contributed by atoms with Crippen LogP contribution in [-0.4, -0.2) is 35.2 Å². The fraction of sp³-hybridized carbons (Fsp3) is 0.727. The van der Waals surface area contributed by atoms with Gasteiger partial charge in [-0.1, -0.05) is 19.9 Å². The topological polar surface area (TPSA) is 47.6 Å². The maximum Gasteiger partial charge on any atom is 0.331 e. The Hall–Kier alpha value is -0.653. The van der Waals surface area contributed by atoms with Crippen molar-refractivity contribution in [3.05, 3.63) is 12.7 Å². The van der Waals surface area contributed by atoms with Crippen molar-refractivity contribution >= 4 is 14.5 Å². The van der Waals surface area contributed by atoms with Gasteiger partial charge in [-0.3, -0.25) is 4.79 Å². The Morgan fingerprint density at radius 3 is 2.12 bits per heavy atom. The van der Waals surface area contributed by atoms with Crippen LogP contribution in [-0.2, 0) is 13.6 Å². The Kier molecular flexibility index (Phi) is 12.0. The summed E-state index contributed by atoms with van der Waals surface area (Å²) in [5.41, 5.74) is 0. The Balaban J connectivity index is 0. The zero-order valence-corrected chi connectivity index (χ0v) is 12.1. The molecule has 0 radical (unpaired) electrons. The number of nitrogens with one attached hydrogen (secondary N) is 1. The molecule has 0 heterocycles. The van der Waals surface area contributed by atoms with Gasteiger partial charge in [0, 0.05) is 20.8 Å². The normalized spacial score (nSPS) is 10.1. The van der Waals surface area contributed by atoms with Gasteiger partial charge in [0.05, 0.1) is 0 Å². The zero-order valence-electron chi connectivity index (χ0n) is 11.1. The summed E-state index contributed by atoms with van der Waals surface area (Å²) in [7, 11) is 1.70. The average Bonchev–Trinajstić information content (AvgIpc) is 2.30. The molecule has 0 aliphatic rings. The molecule has 0 saturated heterocycles. The van der Waals surface area contributed by atoms with Crippen LogP contribution in [0.2, 0.25) is 13.1 Å². The highest BCUT2D eigenvalue weighted by molar-refractivity contribution is 6.64. The molecule has 0 unspecified atom stereocenters. The molecule has 1 amide bonds. The van der Waals surface area contributed by atoms with Crippen LogP contribution in [0.5, 0.6) is 0 Å². The molecule has 0 atom stereocenters. The SMILES string of the molecule is C=CC(=O)NCCCC.CO[Si](C)(C)OC. The van der Waals surface area contributed by atoms with Crippen LogP contribution in [0.15, 0.2) is 12.7 Å². The number of carbonyl (C=O) groups is 1. The summed E-state index contributed by atoms with van der Waals surface area (Å²) in [5, 5.41) is 2.68.